The molecule has 6 unspecified atom stereocenters. The first kappa shape index (κ1) is 61.7. The van der Waals surface area contributed by atoms with E-state index in [-0.39, 0.29) is 25.9 Å². The number of esters is 3. The lowest BCUT2D eigenvalue weighted by molar-refractivity contribution is -0.301. The Hall–Kier alpha value is -3.32. The van der Waals surface area contributed by atoms with Gasteiger partial charge in [0.05, 0.1) is 6.61 Å². The molecule has 0 aliphatic carbocycles. The van der Waals surface area contributed by atoms with E-state index in [4.69, 9.17) is 23.7 Å². The highest BCUT2D eigenvalue weighted by molar-refractivity contribution is 5.74. The van der Waals surface area contributed by atoms with Crippen LogP contribution in [0.1, 0.15) is 226 Å². The second-order valence-electron chi connectivity index (χ2n) is 18.1. The summed E-state index contributed by atoms with van der Waals surface area (Å²) in [5, 5.41) is 31.3. The molecule has 0 aromatic rings. The maximum Gasteiger partial charge on any atom is 0.335 e. The molecule has 0 bridgehead atoms. The Labute approximate surface area is 405 Å². The lowest BCUT2D eigenvalue weighted by Gasteiger charge is -2.40. The molecule has 0 radical (unpaired) electrons. The van der Waals surface area contributed by atoms with Crippen molar-refractivity contribution in [1.82, 2.24) is 0 Å². The van der Waals surface area contributed by atoms with Gasteiger partial charge in [0.1, 0.15) is 18.8 Å². The Kier molecular flexibility index (Phi) is 40.4. The molecule has 6 atom stereocenters. The average Bonchev–Trinajstić information content (AvgIpc) is 3.31. The van der Waals surface area contributed by atoms with Gasteiger partial charge in [-0.2, -0.15) is 0 Å². The number of hydrogen-bond donors (Lipinski definition) is 3. The van der Waals surface area contributed by atoms with E-state index in [0.29, 0.717) is 19.3 Å². The number of rotatable bonds is 44. The fourth-order valence-corrected chi connectivity index (χ4v) is 7.67. The van der Waals surface area contributed by atoms with Gasteiger partial charge in [-0.15, -0.1) is 0 Å². The van der Waals surface area contributed by atoms with Gasteiger partial charge in [-0.1, -0.05) is 166 Å². The Morgan fingerprint density at radius 3 is 1.46 bits per heavy atom. The van der Waals surface area contributed by atoms with Gasteiger partial charge in [-0.3, -0.25) is 14.4 Å². The maximum atomic E-state index is 13.0. The summed E-state index contributed by atoms with van der Waals surface area (Å²) in [6.45, 7) is 5.83. The van der Waals surface area contributed by atoms with Gasteiger partial charge in [0.25, 0.3) is 0 Å². The van der Waals surface area contributed by atoms with Crippen LogP contribution in [-0.2, 0) is 42.9 Å². The Morgan fingerprint density at radius 2 is 0.940 bits per heavy atom. The molecular formula is C55H94O12. The molecule has 1 heterocycles. The van der Waals surface area contributed by atoms with Crippen molar-refractivity contribution in [1.29, 1.82) is 0 Å². The van der Waals surface area contributed by atoms with Gasteiger partial charge in [0.2, 0.25) is 0 Å². The molecule has 3 N–H and O–H groups in total. The molecule has 1 aliphatic heterocycles. The predicted molar refractivity (Wildman–Crippen MR) is 266 cm³/mol. The van der Waals surface area contributed by atoms with E-state index in [9.17, 15) is 34.5 Å². The first-order valence-corrected chi connectivity index (χ1v) is 26.6. The Bertz CT molecular complexity index is 1360. The zero-order valence-electron chi connectivity index (χ0n) is 42.1. The topological polar surface area (TPSA) is 175 Å². The highest BCUT2D eigenvalue weighted by Crippen LogP contribution is 2.26. The highest BCUT2D eigenvalue weighted by Gasteiger charge is 2.50. The standard InChI is InChI=1S/C55H94O12/c1-4-7-10-13-16-19-22-24-27-29-32-35-38-41-47(56)63-44-46(65-48(57)42-39-36-33-30-26-21-18-15-12-9-6-3)45-64-55-53(51(60)50(59)52(67-55)54(61)62)66-49(58)43-40-37-34-31-28-25-23-20-17-14-11-8-5-2/h11,14-15,18-20,22-23,46,50-53,55,59-60H,4-10,12-13,16-17,21,24-45H2,1-3H3,(H,61,62)/b14-11-,18-15-,22-19-,23-20-. The molecule has 1 saturated heterocycles. The van der Waals surface area contributed by atoms with Gasteiger partial charge in [-0.25, -0.2) is 4.79 Å². The van der Waals surface area contributed by atoms with Crippen LogP contribution in [0.15, 0.2) is 48.6 Å². The van der Waals surface area contributed by atoms with E-state index < -0.39 is 67.3 Å². The van der Waals surface area contributed by atoms with Gasteiger partial charge in [0.15, 0.2) is 24.6 Å². The summed E-state index contributed by atoms with van der Waals surface area (Å²) >= 11 is 0. The summed E-state index contributed by atoms with van der Waals surface area (Å²) in [6.07, 6.45) is 38.1. The molecule has 0 aromatic carbocycles. The molecule has 0 spiro atoms. The predicted octanol–water partition coefficient (Wildman–Crippen LogP) is 12.7. The lowest BCUT2D eigenvalue weighted by atomic mass is 9.98. The van der Waals surface area contributed by atoms with Crippen molar-refractivity contribution in [3.63, 3.8) is 0 Å². The zero-order chi connectivity index (χ0) is 49.0. The molecule has 0 aromatic heterocycles. The number of carbonyl (C=O) groups is 4. The van der Waals surface area contributed by atoms with E-state index >= 15 is 0 Å². The summed E-state index contributed by atoms with van der Waals surface area (Å²) in [7, 11) is 0. The smallest absolute Gasteiger partial charge is 0.335 e. The first-order valence-electron chi connectivity index (χ1n) is 26.6. The highest BCUT2D eigenvalue weighted by atomic mass is 16.7. The van der Waals surface area contributed by atoms with Crippen LogP contribution in [0.3, 0.4) is 0 Å². The van der Waals surface area contributed by atoms with Gasteiger partial charge in [0, 0.05) is 19.3 Å². The van der Waals surface area contributed by atoms with Crippen LogP contribution in [-0.4, -0.2) is 89.2 Å². The number of aliphatic hydroxyl groups is 2. The summed E-state index contributed by atoms with van der Waals surface area (Å²) in [4.78, 5) is 50.8. The Balaban J connectivity index is 2.74. The number of allylic oxidation sites excluding steroid dienone is 8. The Morgan fingerprint density at radius 1 is 0.493 bits per heavy atom. The number of aliphatic carboxylic acids is 1. The molecule has 1 rings (SSSR count). The van der Waals surface area contributed by atoms with Crippen LogP contribution >= 0.6 is 0 Å². The second-order valence-corrected chi connectivity index (χ2v) is 18.1. The van der Waals surface area contributed by atoms with Crippen molar-refractivity contribution in [2.45, 2.75) is 263 Å². The van der Waals surface area contributed by atoms with Crippen molar-refractivity contribution in [3.8, 4) is 0 Å². The van der Waals surface area contributed by atoms with Crippen molar-refractivity contribution in [2.24, 2.45) is 0 Å². The number of carbonyl (C=O) groups excluding carboxylic acids is 3. The van der Waals surface area contributed by atoms with Crippen molar-refractivity contribution in [3.05, 3.63) is 48.6 Å². The van der Waals surface area contributed by atoms with Crippen LogP contribution in [0.4, 0.5) is 0 Å². The SMILES string of the molecule is CCC/C=C\C/C=C\CCCCCCCC(=O)OC1C(OCC(COC(=O)CCCCCCC/C=C\CCCCCC)OC(=O)CCCCCCC/C=C\CCCC)OC(C(=O)O)C(O)C1O. The van der Waals surface area contributed by atoms with Crippen molar-refractivity contribution < 1.29 is 58.2 Å². The van der Waals surface area contributed by atoms with Crippen LogP contribution < -0.4 is 0 Å². The number of unbranched alkanes of at least 4 members (excludes halogenated alkanes) is 22. The molecule has 386 valence electrons. The maximum absolute atomic E-state index is 13.0. The first-order chi connectivity index (χ1) is 32.6. The largest absolute Gasteiger partial charge is 0.479 e. The molecule has 1 fully saturated rings. The number of ether oxygens (including phenoxy) is 5. The summed E-state index contributed by atoms with van der Waals surface area (Å²) in [5.74, 6) is -3.16. The number of hydrogen-bond acceptors (Lipinski definition) is 11. The third-order valence-corrected chi connectivity index (χ3v) is 11.8. The fraction of sp³-hybridized carbons (Fsp3) is 0.782. The molecular weight excluding hydrogens is 853 g/mol. The molecule has 0 saturated carbocycles. The normalized spacial score (nSPS) is 19.2. The average molecular weight is 947 g/mol. The van der Waals surface area contributed by atoms with Gasteiger partial charge >= 0.3 is 23.9 Å². The van der Waals surface area contributed by atoms with E-state index in [1.165, 1.54) is 38.5 Å². The summed E-state index contributed by atoms with van der Waals surface area (Å²) in [6, 6.07) is 0. The van der Waals surface area contributed by atoms with E-state index in [0.717, 1.165) is 128 Å². The minimum atomic E-state index is -1.91. The van der Waals surface area contributed by atoms with Gasteiger partial charge in [-0.05, 0) is 89.9 Å². The van der Waals surface area contributed by atoms with E-state index in [2.05, 4.69) is 69.4 Å². The molecule has 0 amide bonds. The van der Waals surface area contributed by atoms with Crippen LogP contribution in [0.25, 0.3) is 0 Å². The molecule has 1 aliphatic rings. The minimum absolute atomic E-state index is 0.0429. The van der Waals surface area contributed by atoms with Crippen molar-refractivity contribution >= 4 is 23.9 Å². The van der Waals surface area contributed by atoms with Gasteiger partial charge < -0.3 is 39.0 Å². The number of aliphatic hydroxyl groups excluding tert-OH is 2. The third-order valence-electron chi connectivity index (χ3n) is 11.8. The van der Waals surface area contributed by atoms with Crippen molar-refractivity contribution in [2.75, 3.05) is 13.2 Å². The van der Waals surface area contributed by atoms with E-state index in [1.807, 2.05) is 0 Å². The summed E-state index contributed by atoms with van der Waals surface area (Å²) in [5.41, 5.74) is 0. The van der Waals surface area contributed by atoms with Crippen LogP contribution in [0.2, 0.25) is 0 Å². The second kappa shape index (κ2) is 43.9. The number of carboxylic acids is 1. The molecule has 12 nitrogen and oxygen atoms in total. The van der Waals surface area contributed by atoms with Crippen LogP contribution in [0.5, 0.6) is 0 Å². The number of carboxylic acid groups (broad SMARTS) is 1. The fourth-order valence-electron chi connectivity index (χ4n) is 7.67. The van der Waals surface area contributed by atoms with Crippen LogP contribution in [0, 0.1) is 0 Å². The zero-order valence-corrected chi connectivity index (χ0v) is 42.1. The monoisotopic (exact) mass is 947 g/mol. The minimum Gasteiger partial charge on any atom is -0.479 e. The summed E-state index contributed by atoms with van der Waals surface area (Å²) < 4.78 is 28.3. The third kappa shape index (κ3) is 34.6. The quantitative estimate of drug-likeness (QED) is 0.0228. The molecule has 12 heteroatoms. The lowest BCUT2D eigenvalue weighted by Crippen LogP contribution is -2.61. The molecule has 67 heavy (non-hydrogen) atoms. The van der Waals surface area contributed by atoms with E-state index in [1.54, 1.807) is 0 Å².